The Morgan fingerprint density at radius 2 is 2.40 bits per heavy atom. The molecule has 5 heteroatoms. The van der Waals surface area contributed by atoms with Crippen LogP contribution in [0.15, 0.2) is 6.20 Å². The van der Waals surface area contributed by atoms with Crippen molar-refractivity contribution in [3.05, 3.63) is 17.5 Å². The third-order valence-electron chi connectivity index (χ3n) is 2.27. The van der Waals surface area contributed by atoms with Crippen LogP contribution in [0.1, 0.15) is 18.2 Å². The minimum absolute atomic E-state index is 0.253. The summed E-state index contributed by atoms with van der Waals surface area (Å²) >= 11 is 0. The summed E-state index contributed by atoms with van der Waals surface area (Å²) in [7, 11) is 3.26. The number of esters is 1. The van der Waals surface area contributed by atoms with Gasteiger partial charge in [-0.05, 0) is 13.8 Å². The second kappa shape index (κ2) is 4.93. The number of methoxy groups -OCH3 is 1. The van der Waals surface area contributed by atoms with Crippen molar-refractivity contribution in [1.82, 2.24) is 15.1 Å². The second-order valence-corrected chi connectivity index (χ2v) is 3.54. The zero-order valence-corrected chi connectivity index (χ0v) is 9.57. The van der Waals surface area contributed by atoms with E-state index in [1.807, 2.05) is 20.2 Å². The Labute approximate surface area is 89.4 Å². The Kier molecular flexibility index (Phi) is 3.85. The molecule has 0 radical (unpaired) electrons. The number of carbonyl (C=O) groups is 1. The summed E-state index contributed by atoms with van der Waals surface area (Å²) in [5, 5.41) is 7.29. The van der Waals surface area contributed by atoms with E-state index in [9.17, 15) is 4.79 Å². The predicted octanol–water partition coefficient (Wildman–Crippen LogP) is 0.380. The van der Waals surface area contributed by atoms with E-state index in [1.165, 1.54) is 7.11 Å². The third-order valence-corrected chi connectivity index (χ3v) is 2.27. The van der Waals surface area contributed by atoms with E-state index in [0.29, 0.717) is 6.54 Å². The molecule has 0 saturated carbocycles. The van der Waals surface area contributed by atoms with Gasteiger partial charge < -0.3 is 10.1 Å². The molecular formula is C10H17N3O2. The van der Waals surface area contributed by atoms with Crippen molar-refractivity contribution in [3.63, 3.8) is 0 Å². The fourth-order valence-corrected chi connectivity index (χ4v) is 1.35. The minimum Gasteiger partial charge on any atom is -0.468 e. The standard InChI is InChI=1S/C10H17N3O2/c1-7-9(6-13(3)12-7)5-11-8(2)10(14)15-4/h6,8,11H,5H2,1-4H3. The van der Waals surface area contributed by atoms with Crippen LogP contribution in [0.5, 0.6) is 0 Å². The summed E-state index contributed by atoms with van der Waals surface area (Å²) in [4.78, 5) is 11.1. The van der Waals surface area contributed by atoms with Crippen molar-refractivity contribution < 1.29 is 9.53 Å². The molecule has 1 rings (SSSR count). The molecule has 0 aliphatic rings. The average molecular weight is 211 g/mol. The highest BCUT2D eigenvalue weighted by Gasteiger charge is 2.12. The first-order valence-electron chi connectivity index (χ1n) is 4.85. The molecule has 0 fully saturated rings. The van der Waals surface area contributed by atoms with Gasteiger partial charge >= 0.3 is 5.97 Å². The molecule has 0 spiro atoms. The smallest absolute Gasteiger partial charge is 0.322 e. The molecule has 84 valence electrons. The molecule has 1 unspecified atom stereocenters. The maximum Gasteiger partial charge on any atom is 0.322 e. The first kappa shape index (κ1) is 11.7. The lowest BCUT2D eigenvalue weighted by atomic mass is 10.2. The van der Waals surface area contributed by atoms with E-state index in [0.717, 1.165) is 11.3 Å². The number of aromatic nitrogens is 2. The van der Waals surface area contributed by atoms with Crippen LogP contribution >= 0.6 is 0 Å². The number of nitrogens with zero attached hydrogens (tertiary/aromatic N) is 2. The van der Waals surface area contributed by atoms with Gasteiger partial charge in [-0.2, -0.15) is 5.10 Å². The highest BCUT2D eigenvalue weighted by molar-refractivity contribution is 5.75. The van der Waals surface area contributed by atoms with Crippen LogP contribution < -0.4 is 5.32 Å². The lowest BCUT2D eigenvalue weighted by molar-refractivity contribution is -0.142. The van der Waals surface area contributed by atoms with E-state index in [2.05, 4.69) is 15.2 Å². The number of hydrogen-bond donors (Lipinski definition) is 1. The van der Waals surface area contributed by atoms with E-state index in [4.69, 9.17) is 0 Å². The Bertz CT molecular complexity index is 346. The van der Waals surface area contributed by atoms with Gasteiger partial charge in [0.05, 0.1) is 12.8 Å². The van der Waals surface area contributed by atoms with Gasteiger partial charge in [-0.1, -0.05) is 0 Å². The fraction of sp³-hybridized carbons (Fsp3) is 0.600. The van der Waals surface area contributed by atoms with Gasteiger partial charge in [0.2, 0.25) is 0 Å². The van der Waals surface area contributed by atoms with Gasteiger partial charge in [0.1, 0.15) is 6.04 Å². The van der Waals surface area contributed by atoms with Crippen LogP contribution in [0.3, 0.4) is 0 Å². The van der Waals surface area contributed by atoms with Crippen LogP contribution in [-0.4, -0.2) is 28.9 Å². The van der Waals surface area contributed by atoms with Crippen molar-refractivity contribution >= 4 is 5.97 Å². The predicted molar refractivity (Wildman–Crippen MR) is 56.3 cm³/mol. The van der Waals surface area contributed by atoms with Gasteiger partial charge in [-0.15, -0.1) is 0 Å². The summed E-state index contributed by atoms with van der Waals surface area (Å²) in [6, 6.07) is -0.297. The lowest BCUT2D eigenvalue weighted by Crippen LogP contribution is -2.34. The maximum atomic E-state index is 11.1. The Morgan fingerprint density at radius 1 is 1.73 bits per heavy atom. The highest BCUT2D eigenvalue weighted by atomic mass is 16.5. The number of ether oxygens (including phenoxy) is 1. The largest absolute Gasteiger partial charge is 0.468 e. The lowest BCUT2D eigenvalue weighted by Gasteiger charge is -2.10. The molecule has 0 saturated heterocycles. The van der Waals surface area contributed by atoms with Crippen molar-refractivity contribution in [2.24, 2.45) is 7.05 Å². The zero-order chi connectivity index (χ0) is 11.4. The van der Waals surface area contributed by atoms with Crippen LogP contribution in [0.4, 0.5) is 0 Å². The molecule has 0 aliphatic heterocycles. The quantitative estimate of drug-likeness (QED) is 0.731. The first-order valence-corrected chi connectivity index (χ1v) is 4.85. The summed E-state index contributed by atoms with van der Waals surface area (Å²) in [5.41, 5.74) is 2.07. The van der Waals surface area contributed by atoms with Crippen LogP contribution in [0.2, 0.25) is 0 Å². The number of hydrogen-bond acceptors (Lipinski definition) is 4. The Morgan fingerprint density at radius 3 is 2.87 bits per heavy atom. The first-order chi connectivity index (χ1) is 7.04. The van der Waals surface area contributed by atoms with Gasteiger partial charge in [-0.3, -0.25) is 9.48 Å². The van der Waals surface area contributed by atoms with Gasteiger partial charge in [-0.25, -0.2) is 0 Å². The van der Waals surface area contributed by atoms with Gasteiger partial charge in [0, 0.05) is 25.4 Å². The molecule has 0 aromatic carbocycles. The zero-order valence-electron chi connectivity index (χ0n) is 9.57. The molecule has 1 aromatic rings. The van der Waals surface area contributed by atoms with Crippen LogP contribution in [0.25, 0.3) is 0 Å². The Balaban J connectivity index is 2.50. The van der Waals surface area contributed by atoms with Crippen molar-refractivity contribution in [1.29, 1.82) is 0 Å². The minimum atomic E-state index is -0.297. The average Bonchev–Trinajstić information content (AvgIpc) is 2.52. The number of aryl methyl sites for hydroxylation is 2. The summed E-state index contributed by atoms with van der Waals surface area (Å²) < 4.78 is 6.37. The summed E-state index contributed by atoms with van der Waals surface area (Å²) in [5.74, 6) is -0.253. The molecule has 0 aliphatic carbocycles. The topological polar surface area (TPSA) is 56.1 Å². The molecule has 1 atom stereocenters. The highest BCUT2D eigenvalue weighted by Crippen LogP contribution is 2.04. The van der Waals surface area contributed by atoms with E-state index < -0.39 is 0 Å². The molecule has 0 bridgehead atoms. The van der Waals surface area contributed by atoms with Crippen LogP contribution in [0, 0.1) is 6.92 Å². The maximum absolute atomic E-state index is 11.1. The number of carbonyl (C=O) groups excluding carboxylic acids is 1. The normalized spacial score (nSPS) is 12.5. The van der Waals surface area contributed by atoms with Gasteiger partial charge in [0.25, 0.3) is 0 Å². The van der Waals surface area contributed by atoms with Crippen molar-refractivity contribution in [2.45, 2.75) is 26.4 Å². The molecule has 1 N–H and O–H groups in total. The monoisotopic (exact) mass is 211 g/mol. The molecule has 1 heterocycles. The molecule has 5 nitrogen and oxygen atoms in total. The number of nitrogens with one attached hydrogen (secondary N) is 1. The van der Waals surface area contributed by atoms with Crippen molar-refractivity contribution in [2.75, 3.05) is 7.11 Å². The SMILES string of the molecule is COC(=O)C(C)NCc1cn(C)nc1C. The molecular weight excluding hydrogens is 194 g/mol. The van der Waals surface area contributed by atoms with E-state index in [1.54, 1.807) is 11.6 Å². The van der Waals surface area contributed by atoms with Gasteiger partial charge in [0.15, 0.2) is 0 Å². The summed E-state index contributed by atoms with van der Waals surface area (Å²) in [6.07, 6.45) is 1.94. The molecule has 0 amide bonds. The molecule has 1 aromatic heterocycles. The van der Waals surface area contributed by atoms with Crippen molar-refractivity contribution in [3.8, 4) is 0 Å². The number of rotatable bonds is 4. The van der Waals surface area contributed by atoms with Crippen LogP contribution in [-0.2, 0) is 23.1 Å². The summed E-state index contributed by atoms with van der Waals surface area (Å²) in [6.45, 7) is 4.34. The molecule has 15 heavy (non-hydrogen) atoms. The Hall–Kier alpha value is -1.36. The van der Waals surface area contributed by atoms with E-state index in [-0.39, 0.29) is 12.0 Å². The second-order valence-electron chi connectivity index (χ2n) is 3.54. The van der Waals surface area contributed by atoms with E-state index >= 15 is 0 Å². The fourth-order valence-electron chi connectivity index (χ4n) is 1.35. The third kappa shape index (κ3) is 3.06.